The molecule has 0 saturated heterocycles. The number of hydrogen-bond donors (Lipinski definition) is 1. The fraction of sp³-hybridized carbons (Fsp3) is 0.240. The standard InChI is InChI=1S/C25H28N2OS2/c1-5-6-8-20(23-9-7-15-29-23)17-22(27(3)4)19-10-12-21(13-11-19)26-25(28)24-18(2)14-16-30-24/h7-17H,5-6H2,1-4H3,(H,26,28). The number of allylic oxidation sites excluding steroid dienone is 3. The number of anilines is 1. The topological polar surface area (TPSA) is 32.3 Å². The van der Waals surface area contributed by atoms with Gasteiger partial charge in [-0.15, -0.1) is 22.7 Å². The lowest BCUT2D eigenvalue weighted by Crippen LogP contribution is -2.12. The van der Waals surface area contributed by atoms with Gasteiger partial charge in [0.15, 0.2) is 0 Å². The van der Waals surface area contributed by atoms with Crippen LogP contribution in [0.5, 0.6) is 0 Å². The summed E-state index contributed by atoms with van der Waals surface area (Å²) >= 11 is 3.23. The quantitative estimate of drug-likeness (QED) is 0.380. The Labute approximate surface area is 187 Å². The van der Waals surface area contributed by atoms with E-state index in [4.69, 9.17) is 0 Å². The third-order valence-corrected chi connectivity index (χ3v) is 6.67. The van der Waals surface area contributed by atoms with Gasteiger partial charge in [0.2, 0.25) is 0 Å². The molecular weight excluding hydrogens is 408 g/mol. The summed E-state index contributed by atoms with van der Waals surface area (Å²) in [5.41, 5.74) is 5.31. The number of unbranched alkanes of at least 4 members (excludes halogenated alkanes) is 1. The number of benzene rings is 1. The molecule has 1 aromatic carbocycles. The van der Waals surface area contributed by atoms with Crippen LogP contribution in [-0.4, -0.2) is 24.9 Å². The predicted molar refractivity (Wildman–Crippen MR) is 132 cm³/mol. The van der Waals surface area contributed by atoms with Crippen LogP contribution < -0.4 is 5.32 Å². The molecule has 2 aromatic heterocycles. The highest BCUT2D eigenvalue weighted by Gasteiger charge is 2.12. The highest BCUT2D eigenvalue weighted by Crippen LogP contribution is 2.28. The summed E-state index contributed by atoms with van der Waals surface area (Å²) in [4.78, 5) is 16.6. The number of hydrogen-bond acceptors (Lipinski definition) is 4. The van der Waals surface area contributed by atoms with Crippen LogP contribution in [0.15, 0.2) is 65.4 Å². The Hall–Kier alpha value is -2.63. The van der Waals surface area contributed by atoms with Crippen LogP contribution in [0.1, 0.15) is 45.4 Å². The Morgan fingerprint density at radius 2 is 1.83 bits per heavy atom. The molecule has 0 unspecified atom stereocenters. The Balaban J connectivity index is 1.85. The summed E-state index contributed by atoms with van der Waals surface area (Å²) in [6.07, 6.45) is 6.74. The van der Waals surface area contributed by atoms with Crippen molar-refractivity contribution in [3.63, 3.8) is 0 Å². The Bertz CT molecular complexity index is 1030. The lowest BCUT2D eigenvalue weighted by Gasteiger charge is -2.19. The minimum Gasteiger partial charge on any atom is -0.377 e. The monoisotopic (exact) mass is 436 g/mol. The number of carbonyl (C=O) groups excluding carboxylic acids is 1. The Morgan fingerprint density at radius 3 is 2.40 bits per heavy atom. The maximum Gasteiger partial charge on any atom is 0.265 e. The zero-order chi connectivity index (χ0) is 21.5. The summed E-state index contributed by atoms with van der Waals surface area (Å²) < 4.78 is 0. The van der Waals surface area contributed by atoms with E-state index >= 15 is 0 Å². The van der Waals surface area contributed by atoms with Crippen molar-refractivity contribution >= 4 is 45.5 Å². The number of nitrogens with zero attached hydrogens (tertiary/aromatic N) is 1. The minimum atomic E-state index is -0.0545. The fourth-order valence-electron chi connectivity index (χ4n) is 3.11. The molecule has 0 aliphatic rings. The van der Waals surface area contributed by atoms with E-state index in [0.29, 0.717) is 0 Å². The van der Waals surface area contributed by atoms with Crippen LogP contribution in [0.4, 0.5) is 5.69 Å². The molecule has 0 fully saturated rings. The van der Waals surface area contributed by atoms with E-state index in [9.17, 15) is 4.79 Å². The van der Waals surface area contributed by atoms with Crippen molar-refractivity contribution in [1.82, 2.24) is 4.90 Å². The molecule has 3 aromatic rings. The summed E-state index contributed by atoms with van der Waals surface area (Å²) in [6, 6.07) is 14.3. The van der Waals surface area contributed by atoms with E-state index in [-0.39, 0.29) is 5.91 Å². The molecule has 1 N–H and O–H groups in total. The Morgan fingerprint density at radius 1 is 1.07 bits per heavy atom. The normalized spacial score (nSPS) is 12.1. The lowest BCUT2D eigenvalue weighted by molar-refractivity contribution is 0.103. The molecule has 3 nitrogen and oxygen atoms in total. The molecule has 30 heavy (non-hydrogen) atoms. The number of thiophene rings is 2. The number of carbonyl (C=O) groups is 1. The summed E-state index contributed by atoms with van der Waals surface area (Å²) in [6.45, 7) is 4.16. The molecule has 3 rings (SSSR count). The van der Waals surface area contributed by atoms with Crippen LogP contribution in [0, 0.1) is 6.92 Å². The number of nitrogens with one attached hydrogen (secondary N) is 1. The van der Waals surface area contributed by atoms with Crippen LogP contribution in [0.2, 0.25) is 0 Å². The van der Waals surface area contributed by atoms with Crippen molar-refractivity contribution in [1.29, 1.82) is 0 Å². The maximum absolute atomic E-state index is 12.5. The predicted octanol–water partition coefficient (Wildman–Crippen LogP) is 7.16. The Kier molecular flexibility index (Phi) is 7.66. The van der Waals surface area contributed by atoms with Crippen molar-refractivity contribution in [2.24, 2.45) is 0 Å². The van der Waals surface area contributed by atoms with Gasteiger partial charge in [-0.3, -0.25) is 4.79 Å². The smallest absolute Gasteiger partial charge is 0.265 e. The summed E-state index contributed by atoms with van der Waals surface area (Å²) in [5.74, 6) is -0.0545. The second kappa shape index (κ2) is 10.4. The molecule has 0 aliphatic carbocycles. The van der Waals surface area contributed by atoms with Crippen LogP contribution in [0.3, 0.4) is 0 Å². The van der Waals surface area contributed by atoms with Crippen molar-refractivity contribution < 1.29 is 4.79 Å². The lowest BCUT2D eigenvalue weighted by atomic mass is 10.1. The van der Waals surface area contributed by atoms with Gasteiger partial charge in [0.05, 0.1) is 4.88 Å². The molecule has 0 aliphatic heterocycles. The summed E-state index contributed by atoms with van der Waals surface area (Å²) in [7, 11) is 4.12. The molecule has 2 heterocycles. The van der Waals surface area contributed by atoms with E-state index in [1.807, 2.05) is 30.5 Å². The van der Waals surface area contributed by atoms with Crippen LogP contribution >= 0.6 is 22.7 Å². The van der Waals surface area contributed by atoms with E-state index in [0.717, 1.165) is 40.2 Å². The van der Waals surface area contributed by atoms with Gasteiger partial charge >= 0.3 is 0 Å². The maximum atomic E-state index is 12.5. The van der Waals surface area contributed by atoms with Crippen molar-refractivity contribution in [3.05, 3.63) is 86.3 Å². The van der Waals surface area contributed by atoms with Gasteiger partial charge in [-0.1, -0.05) is 37.6 Å². The molecule has 0 spiro atoms. The molecule has 0 saturated carbocycles. The van der Waals surface area contributed by atoms with Gasteiger partial charge in [0, 0.05) is 30.4 Å². The minimum absolute atomic E-state index is 0.0545. The van der Waals surface area contributed by atoms with E-state index < -0.39 is 0 Å². The van der Waals surface area contributed by atoms with Gasteiger partial charge in [0.1, 0.15) is 0 Å². The number of amides is 1. The molecule has 0 bridgehead atoms. The van der Waals surface area contributed by atoms with Gasteiger partial charge in [-0.05, 0) is 71.1 Å². The SMILES string of the molecule is CCCC=C(C=C(c1ccc(NC(=O)c2sccc2C)cc1)N(C)C)c1cccs1. The van der Waals surface area contributed by atoms with Crippen LogP contribution in [0.25, 0.3) is 11.3 Å². The van der Waals surface area contributed by atoms with Crippen molar-refractivity contribution in [3.8, 4) is 0 Å². The van der Waals surface area contributed by atoms with Gasteiger partial charge in [0.25, 0.3) is 5.91 Å². The largest absolute Gasteiger partial charge is 0.377 e. The van der Waals surface area contributed by atoms with Gasteiger partial charge in [-0.2, -0.15) is 0 Å². The third-order valence-electron chi connectivity index (χ3n) is 4.74. The van der Waals surface area contributed by atoms with Gasteiger partial charge < -0.3 is 10.2 Å². The van der Waals surface area contributed by atoms with Crippen molar-refractivity contribution in [2.45, 2.75) is 26.7 Å². The van der Waals surface area contributed by atoms with E-state index in [1.165, 1.54) is 21.8 Å². The second-order valence-electron chi connectivity index (χ2n) is 7.31. The first-order valence-electron chi connectivity index (χ1n) is 10.1. The number of aryl methyl sites for hydroxylation is 1. The van der Waals surface area contributed by atoms with Crippen LogP contribution in [-0.2, 0) is 0 Å². The summed E-state index contributed by atoms with van der Waals surface area (Å²) in [5, 5.41) is 7.06. The molecular formula is C25H28N2OS2. The van der Waals surface area contributed by atoms with Crippen molar-refractivity contribution in [2.75, 3.05) is 19.4 Å². The zero-order valence-electron chi connectivity index (χ0n) is 17.9. The first kappa shape index (κ1) is 22.1. The molecule has 156 valence electrons. The van der Waals surface area contributed by atoms with E-state index in [2.05, 4.69) is 73.0 Å². The number of rotatable bonds is 8. The first-order chi connectivity index (χ1) is 14.5. The van der Waals surface area contributed by atoms with Gasteiger partial charge in [-0.25, -0.2) is 0 Å². The van der Waals surface area contributed by atoms with E-state index in [1.54, 1.807) is 11.3 Å². The molecule has 5 heteroatoms. The molecule has 0 radical (unpaired) electrons. The average molecular weight is 437 g/mol. The first-order valence-corrected chi connectivity index (χ1v) is 11.8. The average Bonchev–Trinajstić information content (AvgIpc) is 3.40. The fourth-order valence-corrected chi connectivity index (χ4v) is 4.67. The highest BCUT2D eigenvalue weighted by atomic mass is 32.1. The highest BCUT2D eigenvalue weighted by molar-refractivity contribution is 7.12. The second-order valence-corrected chi connectivity index (χ2v) is 9.18. The molecule has 1 amide bonds. The zero-order valence-corrected chi connectivity index (χ0v) is 19.6. The molecule has 0 atom stereocenters. The third kappa shape index (κ3) is 5.49.